The van der Waals surface area contributed by atoms with Crippen LogP contribution in [-0.4, -0.2) is 25.0 Å². The first-order valence-corrected chi connectivity index (χ1v) is 5.35. The van der Waals surface area contributed by atoms with Crippen molar-refractivity contribution in [3.8, 4) is 18.1 Å². The van der Waals surface area contributed by atoms with E-state index in [1.165, 1.54) is 0 Å². The summed E-state index contributed by atoms with van der Waals surface area (Å²) < 4.78 is 5.37. The molecule has 0 spiro atoms. The van der Waals surface area contributed by atoms with Crippen LogP contribution in [0, 0.1) is 12.3 Å². The number of ether oxygens (including phenoxy) is 1. The van der Waals surface area contributed by atoms with Crippen LogP contribution in [0.2, 0.25) is 0 Å². The Morgan fingerprint density at radius 1 is 1.59 bits per heavy atom. The Bertz CT molecular complexity index is 451. The van der Waals surface area contributed by atoms with Gasteiger partial charge in [-0.3, -0.25) is 5.43 Å². The maximum Gasteiger partial charge on any atom is 0.186 e. The third kappa shape index (κ3) is 4.53. The first-order chi connectivity index (χ1) is 8.27. The highest BCUT2D eigenvalue weighted by molar-refractivity contribution is 7.80. The Hall–Kier alpha value is -2.06. The van der Waals surface area contributed by atoms with Gasteiger partial charge in [-0.1, -0.05) is 18.1 Å². The predicted octanol–water partition coefficient (Wildman–Crippen LogP) is 1.13. The highest BCUT2D eigenvalue weighted by Gasteiger charge is 1.98. The van der Waals surface area contributed by atoms with Gasteiger partial charge in [0.05, 0.1) is 6.21 Å². The summed E-state index contributed by atoms with van der Waals surface area (Å²) in [7, 11) is 1.72. The van der Waals surface area contributed by atoms with E-state index in [0.29, 0.717) is 10.9 Å². The number of para-hydroxylation sites is 1. The van der Waals surface area contributed by atoms with Crippen molar-refractivity contribution in [1.82, 2.24) is 10.7 Å². The van der Waals surface area contributed by atoms with Crippen molar-refractivity contribution in [2.45, 2.75) is 0 Å². The Morgan fingerprint density at radius 3 is 3.06 bits per heavy atom. The largest absolute Gasteiger partial charge is 0.480 e. The standard InChI is InChI=1S/C12H13N3OS/c1-3-8-16-11-7-5-4-6-10(11)9-14-15-12(17)13-2/h1,4-7,9H,8H2,2H3,(H2,13,15,17)/b14-9-. The summed E-state index contributed by atoms with van der Waals surface area (Å²) in [5.74, 6) is 3.10. The number of terminal acetylenes is 1. The number of hydrogen-bond acceptors (Lipinski definition) is 3. The van der Waals surface area contributed by atoms with E-state index in [2.05, 4.69) is 21.8 Å². The molecule has 0 atom stereocenters. The maximum absolute atomic E-state index is 5.37. The molecule has 0 aliphatic carbocycles. The lowest BCUT2D eigenvalue weighted by Gasteiger charge is -2.05. The van der Waals surface area contributed by atoms with E-state index < -0.39 is 0 Å². The summed E-state index contributed by atoms with van der Waals surface area (Å²) in [4.78, 5) is 0. The summed E-state index contributed by atoms with van der Waals surface area (Å²) in [5.41, 5.74) is 3.49. The Kier molecular flexibility index (Phi) is 5.55. The molecule has 0 unspecified atom stereocenters. The van der Waals surface area contributed by atoms with Crippen molar-refractivity contribution in [3.05, 3.63) is 29.8 Å². The smallest absolute Gasteiger partial charge is 0.186 e. The van der Waals surface area contributed by atoms with Crippen LogP contribution in [0.25, 0.3) is 0 Å². The van der Waals surface area contributed by atoms with E-state index >= 15 is 0 Å². The number of hydrogen-bond donors (Lipinski definition) is 2. The third-order valence-electron chi connectivity index (χ3n) is 1.83. The molecule has 0 radical (unpaired) electrons. The molecule has 0 fully saturated rings. The SMILES string of the molecule is C#CCOc1ccccc1/C=N\NC(=S)NC. The van der Waals surface area contributed by atoms with Crippen LogP contribution >= 0.6 is 12.2 Å². The summed E-state index contributed by atoms with van der Waals surface area (Å²) in [6.45, 7) is 0.229. The molecule has 1 aromatic rings. The first-order valence-electron chi connectivity index (χ1n) is 4.94. The number of rotatable bonds is 4. The topological polar surface area (TPSA) is 45.6 Å². The Labute approximate surface area is 106 Å². The van der Waals surface area contributed by atoms with E-state index in [9.17, 15) is 0 Å². The molecule has 2 N–H and O–H groups in total. The summed E-state index contributed by atoms with van der Waals surface area (Å²) in [6, 6.07) is 7.46. The molecule has 0 aliphatic heterocycles. The van der Waals surface area contributed by atoms with Gasteiger partial charge in [0.25, 0.3) is 0 Å². The quantitative estimate of drug-likeness (QED) is 0.362. The highest BCUT2D eigenvalue weighted by atomic mass is 32.1. The zero-order chi connectivity index (χ0) is 12.5. The van der Waals surface area contributed by atoms with Gasteiger partial charge in [-0.25, -0.2) is 0 Å². The zero-order valence-corrected chi connectivity index (χ0v) is 10.3. The third-order valence-corrected chi connectivity index (χ3v) is 2.12. The van der Waals surface area contributed by atoms with Crippen molar-refractivity contribution in [2.75, 3.05) is 13.7 Å². The molecule has 0 aliphatic rings. The van der Waals surface area contributed by atoms with Gasteiger partial charge in [0.2, 0.25) is 0 Å². The molecular weight excluding hydrogens is 234 g/mol. The average Bonchev–Trinajstić information content (AvgIpc) is 2.37. The Balaban J connectivity index is 2.69. The minimum absolute atomic E-state index is 0.229. The zero-order valence-electron chi connectivity index (χ0n) is 9.43. The average molecular weight is 247 g/mol. The normalized spacial score (nSPS) is 9.65. The molecule has 88 valence electrons. The minimum atomic E-state index is 0.229. The van der Waals surface area contributed by atoms with Crippen LogP contribution in [-0.2, 0) is 0 Å². The predicted molar refractivity (Wildman–Crippen MR) is 73.2 cm³/mol. The van der Waals surface area contributed by atoms with E-state index in [0.717, 1.165) is 5.56 Å². The van der Waals surface area contributed by atoms with Crippen molar-refractivity contribution >= 4 is 23.5 Å². The second-order valence-corrected chi connectivity index (χ2v) is 3.39. The van der Waals surface area contributed by atoms with Crippen molar-refractivity contribution < 1.29 is 4.74 Å². The van der Waals surface area contributed by atoms with Crippen LogP contribution in [0.3, 0.4) is 0 Å². The number of benzene rings is 1. The van der Waals surface area contributed by atoms with Gasteiger partial charge >= 0.3 is 0 Å². The summed E-state index contributed by atoms with van der Waals surface area (Å²) in [5, 5.41) is 7.17. The number of thiocarbonyl (C=S) groups is 1. The molecule has 4 nitrogen and oxygen atoms in total. The van der Waals surface area contributed by atoms with Gasteiger partial charge < -0.3 is 10.1 Å². The van der Waals surface area contributed by atoms with E-state index in [1.54, 1.807) is 13.3 Å². The summed E-state index contributed by atoms with van der Waals surface area (Å²) in [6.07, 6.45) is 6.76. The molecule has 5 heteroatoms. The van der Waals surface area contributed by atoms with E-state index in [-0.39, 0.29) is 6.61 Å². The Morgan fingerprint density at radius 2 is 2.35 bits per heavy atom. The van der Waals surface area contributed by atoms with Gasteiger partial charge in [0.1, 0.15) is 12.4 Å². The lowest BCUT2D eigenvalue weighted by molar-refractivity contribution is 0.370. The van der Waals surface area contributed by atoms with E-state index in [1.807, 2.05) is 24.3 Å². The fourth-order valence-corrected chi connectivity index (χ4v) is 1.11. The fourth-order valence-electron chi connectivity index (χ4n) is 1.05. The van der Waals surface area contributed by atoms with Crippen molar-refractivity contribution in [2.24, 2.45) is 5.10 Å². The second-order valence-electron chi connectivity index (χ2n) is 2.98. The lowest BCUT2D eigenvalue weighted by atomic mass is 10.2. The molecule has 0 amide bonds. The van der Waals surface area contributed by atoms with Crippen LogP contribution in [0.15, 0.2) is 29.4 Å². The molecule has 0 heterocycles. The molecule has 0 saturated heterocycles. The van der Waals surface area contributed by atoms with E-state index in [4.69, 9.17) is 23.4 Å². The molecule has 17 heavy (non-hydrogen) atoms. The van der Waals surface area contributed by atoms with Crippen LogP contribution in [0.1, 0.15) is 5.56 Å². The molecule has 0 saturated carbocycles. The fraction of sp³-hybridized carbons (Fsp3) is 0.167. The maximum atomic E-state index is 5.37. The molecule has 0 bridgehead atoms. The molecule has 1 aromatic carbocycles. The second kappa shape index (κ2) is 7.25. The molecule has 0 aromatic heterocycles. The summed E-state index contributed by atoms with van der Waals surface area (Å²) >= 11 is 4.88. The number of hydrazone groups is 1. The van der Waals surface area contributed by atoms with Crippen LogP contribution in [0.5, 0.6) is 5.75 Å². The van der Waals surface area contributed by atoms with Gasteiger partial charge in [0.15, 0.2) is 5.11 Å². The monoisotopic (exact) mass is 247 g/mol. The van der Waals surface area contributed by atoms with Crippen molar-refractivity contribution in [3.63, 3.8) is 0 Å². The lowest BCUT2D eigenvalue weighted by Crippen LogP contribution is -2.28. The van der Waals surface area contributed by atoms with Crippen molar-refractivity contribution in [1.29, 1.82) is 0 Å². The van der Waals surface area contributed by atoms with Gasteiger partial charge in [0, 0.05) is 12.6 Å². The van der Waals surface area contributed by atoms with Crippen LogP contribution in [0.4, 0.5) is 0 Å². The molecular formula is C12H13N3OS. The van der Waals surface area contributed by atoms with Gasteiger partial charge in [-0.05, 0) is 24.4 Å². The van der Waals surface area contributed by atoms with Gasteiger partial charge in [-0.2, -0.15) is 5.10 Å². The molecule has 1 rings (SSSR count). The minimum Gasteiger partial charge on any atom is -0.480 e. The first kappa shape index (κ1) is 13.0. The van der Waals surface area contributed by atoms with Gasteiger partial charge in [-0.15, -0.1) is 6.42 Å². The number of nitrogens with zero attached hydrogens (tertiary/aromatic N) is 1. The number of nitrogens with one attached hydrogen (secondary N) is 2. The highest BCUT2D eigenvalue weighted by Crippen LogP contribution is 2.15. The van der Waals surface area contributed by atoms with Crippen LogP contribution < -0.4 is 15.5 Å².